The molecule has 1 aromatic carbocycles. The predicted octanol–water partition coefficient (Wildman–Crippen LogP) is 1.11. The summed E-state index contributed by atoms with van der Waals surface area (Å²) in [5.74, 6) is 0.0902. The van der Waals surface area contributed by atoms with Crippen molar-refractivity contribution in [1.82, 2.24) is 0 Å². The Hall–Kier alpha value is -1.35. The molecule has 1 aliphatic heterocycles. The van der Waals surface area contributed by atoms with Crippen molar-refractivity contribution in [2.24, 2.45) is 0 Å². The lowest BCUT2D eigenvalue weighted by Gasteiger charge is -2.17. The molecule has 0 spiro atoms. The van der Waals surface area contributed by atoms with Crippen molar-refractivity contribution >= 4 is 11.6 Å². The van der Waals surface area contributed by atoms with Crippen molar-refractivity contribution in [3.8, 4) is 0 Å². The molecule has 0 aliphatic carbocycles. The van der Waals surface area contributed by atoms with Gasteiger partial charge in [0.2, 0.25) is 5.91 Å². The van der Waals surface area contributed by atoms with Gasteiger partial charge < -0.3 is 10.4 Å². The lowest BCUT2D eigenvalue weighted by molar-refractivity contribution is -0.116. The summed E-state index contributed by atoms with van der Waals surface area (Å²) in [7, 11) is 0. The lowest BCUT2D eigenvalue weighted by atomic mass is 9.99. The van der Waals surface area contributed by atoms with Crippen LogP contribution in [0.2, 0.25) is 0 Å². The number of fused-ring (bicyclic) bond motifs is 1. The smallest absolute Gasteiger partial charge is 0.224 e. The van der Waals surface area contributed by atoms with E-state index < -0.39 is 0 Å². The maximum Gasteiger partial charge on any atom is 0.224 e. The number of anilines is 1. The molecule has 3 nitrogen and oxygen atoms in total. The molecule has 0 fully saturated rings. The highest BCUT2D eigenvalue weighted by Crippen LogP contribution is 2.23. The molecule has 0 saturated carbocycles. The number of carbonyl (C=O) groups is 1. The van der Waals surface area contributed by atoms with Gasteiger partial charge in [0.1, 0.15) is 0 Å². The summed E-state index contributed by atoms with van der Waals surface area (Å²) in [5.41, 5.74) is 3.22. The van der Waals surface area contributed by atoms with E-state index in [0.717, 1.165) is 17.7 Å². The van der Waals surface area contributed by atoms with Crippen LogP contribution >= 0.6 is 0 Å². The molecular weight excluding hydrogens is 178 g/mol. The zero-order valence-electron chi connectivity index (χ0n) is 7.92. The number of carbonyl (C=O) groups excluding carboxylic acids is 1. The largest absolute Gasteiger partial charge is 0.396 e. The number of benzene rings is 1. The first-order valence-corrected chi connectivity index (χ1v) is 4.82. The van der Waals surface area contributed by atoms with E-state index in [1.807, 2.05) is 12.1 Å². The van der Waals surface area contributed by atoms with Crippen molar-refractivity contribution in [3.05, 3.63) is 29.3 Å². The van der Waals surface area contributed by atoms with Crippen molar-refractivity contribution in [2.45, 2.75) is 19.3 Å². The van der Waals surface area contributed by atoms with Gasteiger partial charge in [0.05, 0.1) is 0 Å². The molecule has 0 saturated heterocycles. The SMILES string of the molecule is O=C1CCc2cc(CCO)ccc2N1. The Kier molecular flexibility index (Phi) is 2.50. The third-order valence-electron chi connectivity index (χ3n) is 2.47. The molecule has 0 atom stereocenters. The van der Waals surface area contributed by atoms with Crippen LogP contribution in [0.4, 0.5) is 5.69 Å². The topological polar surface area (TPSA) is 49.3 Å². The molecule has 0 aromatic heterocycles. The monoisotopic (exact) mass is 191 g/mol. The average molecular weight is 191 g/mol. The Morgan fingerprint density at radius 2 is 2.21 bits per heavy atom. The Bertz CT molecular complexity index is 360. The van der Waals surface area contributed by atoms with Gasteiger partial charge in [-0.2, -0.15) is 0 Å². The molecule has 1 aromatic rings. The molecule has 1 heterocycles. The first-order chi connectivity index (χ1) is 6.79. The Labute approximate surface area is 82.8 Å². The fraction of sp³-hybridized carbons (Fsp3) is 0.364. The maximum atomic E-state index is 11.1. The van der Waals surface area contributed by atoms with Gasteiger partial charge in [-0.15, -0.1) is 0 Å². The molecule has 0 radical (unpaired) electrons. The molecule has 0 bridgehead atoms. The number of nitrogens with one attached hydrogen (secondary N) is 1. The van der Waals surface area contributed by atoms with Gasteiger partial charge in [-0.25, -0.2) is 0 Å². The lowest BCUT2D eigenvalue weighted by Crippen LogP contribution is -2.19. The number of hydrogen-bond acceptors (Lipinski definition) is 2. The summed E-state index contributed by atoms with van der Waals surface area (Å²) in [6, 6.07) is 5.92. The van der Waals surface area contributed by atoms with Crippen LogP contribution in [-0.4, -0.2) is 17.6 Å². The van der Waals surface area contributed by atoms with Gasteiger partial charge in [-0.05, 0) is 30.0 Å². The highest BCUT2D eigenvalue weighted by atomic mass is 16.2. The van der Waals surface area contributed by atoms with Gasteiger partial charge >= 0.3 is 0 Å². The van der Waals surface area contributed by atoms with E-state index in [1.165, 1.54) is 5.56 Å². The summed E-state index contributed by atoms with van der Waals surface area (Å²) in [6.45, 7) is 0.172. The summed E-state index contributed by atoms with van der Waals surface area (Å²) < 4.78 is 0. The number of amides is 1. The van der Waals surface area contributed by atoms with Crippen molar-refractivity contribution in [1.29, 1.82) is 0 Å². The minimum Gasteiger partial charge on any atom is -0.396 e. The van der Waals surface area contributed by atoms with Crippen LogP contribution < -0.4 is 5.32 Å². The fourth-order valence-electron chi connectivity index (χ4n) is 1.72. The molecule has 14 heavy (non-hydrogen) atoms. The van der Waals surface area contributed by atoms with Crippen molar-refractivity contribution < 1.29 is 9.90 Å². The quantitative estimate of drug-likeness (QED) is 0.735. The van der Waals surface area contributed by atoms with Crippen molar-refractivity contribution in [2.75, 3.05) is 11.9 Å². The number of aliphatic hydroxyl groups excluding tert-OH is 1. The number of aryl methyl sites for hydroxylation is 1. The van der Waals surface area contributed by atoms with E-state index in [4.69, 9.17) is 5.11 Å². The summed E-state index contributed by atoms with van der Waals surface area (Å²) in [5, 5.41) is 11.6. The molecule has 1 aliphatic rings. The normalized spacial score (nSPS) is 14.8. The van der Waals surface area contributed by atoms with E-state index in [-0.39, 0.29) is 12.5 Å². The zero-order chi connectivity index (χ0) is 9.97. The third kappa shape index (κ3) is 1.77. The summed E-state index contributed by atoms with van der Waals surface area (Å²) >= 11 is 0. The number of aliphatic hydroxyl groups is 1. The van der Waals surface area contributed by atoms with Gasteiger partial charge in [0.15, 0.2) is 0 Å². The van der Waals surface area contributed by atoms with E-state index >= 15 is 0 Å². The van der Waals surface area contributed by atoms with Crippen LogP contribution in [0, 0.1) is 0 Å². The summed E-state index contributed by atoms with van der Waals surface area (Å²) in [4.78, 5) is 11.1. The standard InChI is InChI=1S/C11H13NO2/c13-6-5-8-1-3-10-9(7-8)2-4-11(14)12-10/h1,3,7,13H,2,4-6H2,(H,12,14). The second kappa shape index (κ2) is 3.80. The Morgan fingerprint density at radius 1 is 1.36 bits per heavy atom. The Balaban J connectivity index is 2.26. The molecule has 0 unspecified atom stereocenters. The van der Waals surface area contributed by atoms with Crippen LogP contribution in [0.5, 0.6) is 0 Å². The third-order valence-corrected chi connectivity index (χ3v) is 2.47. The van der Waals surface area contributed by atoms with Gasteiger partial charge in [0, 0.05) is 18.7 Å². The van der Waals surface area contributed by atoms with Crippen LogP contribution in [0.25, 0.3) is 0 Å². The zero-order valence-corrected chi connectivity index (χ0v) is 7.92. The summed E-state index contributed by atoms with van der Waals surface area (Å²) in [6.07, 6.45) is 2.05. The van der Waals surface area contributed by atoms with Crippen LogP contribution in [0.3, 0.4) is 0 Å². The predicted molar refractivity (Wildman–Crippen MR) is 54.2 cm³/mol. The second-order valence-electron chi connectivity index (χ2n) is 3.51. The van der Waals surface area contributed by atoms with E-state index in [0.29, 0.717) is 12.8 Å². The van der Waals surface area contributed by atoms with E-state index in [2.05, 4.69) is 11.4 Å². The first kappa shape index (κ1) is 9.21. The molecule has 74 valence electrons. The van der Waals surface area contributed by atoms with E-state index in [1.54, 1.807) is 0 Å². The van der Waals surface area contributed by atoms with E-state index in [9.17, 15) is 4.79 Å². The molecule has 1 amide bonds. The molecular formula is C11H13NO2. The molecule has 2 rings (SSSR count). The highest BCUT2D eigenvalue weighted by Gasteiger charge is 2.14. The van der Waals surface area contributed by atoms with Crippen LogP contribution in [0.1, 0.15) is 17.5 Å². The fourth-order valence-corrected chi connectivity index (χ4v) is 1.72. The van der Waals surface area contributed by atoms with Gasteiger partial charge in [0.25, 0.3) is 0 Å². The second-order valence-corrected chi connectivity index (χ2v) is 3.51. The average Bonchev–Trinajstić information content (AvgIpc) is 2.19. The number of hydrogen-bond donors (Lipinski definition) is 2. The van der Waals surface area contributed by atoms with Crippen molar-refractivity contribution in [3.63, 3.8) is 0 Å². The molecule has 2 N–H and O–H groups in total. The van der Waals surface area contributed by atoms with Crippen LogP contribution in [-0.2, 0) is 17.6 Å². The first-order valence-electron chi connectivity index (χ1n) is 4.82. The van der Waals surface area contributed by atoms with Gasteiger partial charge in [-0.1, -0.05) is 12.1 Å². The Morgan fingerprint density at radius 3 is 3.00 bits per heavy atom. The maximum absolute atomic E-state index is 11.1. The highest BCUT2D eigenvalue weighted by molar-refractivity contribution is 5.93. The van der Waals surface area contributed by atoms with Gasteiger partial charge in [-0.3, -0.25) is 4.79 Å². The number of rotatable bonds is 2. The minimum absolute atomic E-state index is 0.0902. The van der Waals surface area contributed by atoms with Crippen LogP contribution in [0.15, 0.2) is 18.2 Å². The minimum atomic E-state index is 0.0902. The molecule has 3 heteroatoms.